The normalized spacial score (nSPS) is 23.3. The van der Waals surface area contributed by atoms with Crippen molar-refractivity contribution in [2.45, 2.75) is 58.1 Å². The average Bonchev–Trinajstić information content (AvgIpc) is 2.66. The molecule has 0 aromatic heterocycles. The fourth-order valence-corrected chi connectivity index (χ4v) is 1.79. The second kappa shape index (κ2) is 6.23. The van der Waals surface area contributed by atoms with Gasteiger partial charge in [-0.15, -0.1) is 0 Å². The third-order valence-corrected chi connectivity index (χ3v) is 3.09. The molecule has 88 valence electrons. The Kier molecular flexibility index (Phi) is 5.26. The summed E-state index contributed by atoms with van der Waals surface area (Å²) in [5.41, 5.74) is 5.85. The Balaban J connectivity index is 2.12. The SMILES string of the molecule is CC(C)C(N)CC(=O)CCC1CCCO1. The lowest BCUT2D eigenvalue weighted by Gasteiger charge is -2.15. The largest absolute Gasteiger partial charge is 0.378 e. The second-order valence-electron chi connectivity index (χ2n) is 4.82. The van der Waals surface area contributed by atoms with Crippen molar-refractivity contribution in [3.63, 3.8) is 0 Å². The minimum absolute atomic E-state index is 0.0157. The van der Waals surface area contributed by atoms with Crippen LogP contribution in [0.5, 0.6) is 0 Å². The van der Waals surface area contributed by atoms with Gasteiger partial charge in [0.15, 0.2) is 0 Å². The Labute approximate surface area is 92.4 Å². The Morgan fingerprint density at radius 2 is 2.27 bits per heavy atom. The van der Waals surface area contributed by atoms with Crippen LogP contribution >= 0.6 is 0 Å². The summed E-state index contributed by atoms with van der Waals surface area (Å²) in [5, 5.41) is 0. The van der Waals surface area contributed by atoms with E-state index in [2.05, 4.69) is 13.8 Å². The van der Waals surface area contributed by atoms with Crippen LogP contribution in [-0.2, 0) is 9.53 Å². The highest BCUT2D eigenvalue weighted by molar-refractivity contribution is 5.79. The number of ether oxygens (including phenoxy) is 1. The van der Waals surface area contributed by atoms with Crippen molar-refractivity contribution in [2.75, 3.05) is 6.61 Å². The Bertz CT molecular complexity index is 198. The molecule has 1 aliphatic rings. The topological polar surface area (TPSA) is 52.3 Å². The van der Waals surface area contributed by atoms with Gasteiger partial charge in [0.1, 0.15) is 5.78 Å². The van der Waals surface area contributed by atoms with Crippen molar-refractivity contribution in [2.24, 2.45) is 11.7 Å². The van der Waals surface area contributed by atoms with E-state index >= 15 is 0 Å². The zero-order valence-electron chi connectivity index (χ0n) is 9.87. The van der Waals surface area contributed by atoms with Crippen molar-refractivity contribution >= 4 is 5.78 Å². The maximum absolute atomic E-state index is 11.6. The molecule has 0 spiro atoms. The molecule has 15 heavy (non-hydrogen) atoms. The Morgan fingerprint density at radius 3 is 2.80 bits per heavy atom. The number of carbonyl (C=O) groups excluding carboxylic acids is 1. The van der Waals surface area contributed by atoms with Crippen molar-refractivity contribution in [3.8, 4) is 0 Å². The quantitative estimate of drug-likeness (QED) is 0.733. The summed E-state index contributed by atoms with van der Waals surface area (Å²) in [7, 11) is 0. The van der Waals surface area contributed by atoms with E-state index in [-0.39, 0.29) is 11.8 Å². The van der Waals surface area contributed by atoms with E-state index in [9.17, 15) is 4.79 Å². The van der Waals surface area contributed by atoms with Gasteiger partial charge in [-0.05, 0) is 25.2 Å². The summed E-state index contributed by atoms with van der Waals surface area (Å²) in [4.78, 5) is 11.6. The van der Waals surface area contributed by atoms with Crippen molar-refractivity contribution < 1.29 is 9.53 Å². The van der Waals surface area contributed by atoms with Crippen LogP contribution in [-0.4, -0.2) is 24.5 Å². The molecule has 1 aliphatic heterocycles. The first-order chi connectivity index (χ1) is 7.09. The number of Topliss-reactive ketones (excluding diaryl/α,β-unsaturated/α-hetero) is 1. The second-order valence-corrected chi connectivity index (χ2v) is 4.82. The van der Waals surface area contributed by atoms with Crippen LogP contribution in [0.3, 0.4) is 0 Å². The molecule has 0 aliphatic carbocycles. The van der Waals surface area contributed by atoms with E-state index in [4.69, 9.17) is 10.5 Å². The van der Waals surface area contributed by atoms with Gasteiger partial charge in [-0.3, -0.25) is 4.79 Å². The molecule has 1 heterocycles. The maximum Gasteiger partial charge on any atom is 0.134 e. The highest BCUT2D eigenvalue weighted by Crippen LogP contribution is 2.17. The molecule has 0 aromatic carbocycles. The molecular formula is C12H23NO2. The predicted octanol–water partition coefficient (Wildman–Crippen LogP) is 1.89. The van der Waals surface area contributed by atoms with Crippen molar-refractivity contribution in [1.82, 2.24) is 0 Å². The van der Waals surface area contributed by atoms with Gasteiger partial charge >= 0.3 is 0 Å². The standard InChI is InChI=1S/C12H23NO2/c1-9(2)12(13)8-10(14)5-6-11-4-3-7-15-11/h9,11-12H,3-8,13H2,1-2H3. The van der Waals surface area contributed by atoms with E-state index in [0.717, 1.165) is 25.9 Å². The van der Waals surface area contributed by atoms with Crippen LogP contribution < -0.4 is 5.73 Å². The lowest BCUT2D eigenvalue weighted by Crippen LogP contribution is -2.29. The summed E-state index contributed by atoms with van der Waals surface area (Å²) in [6.07, 6.45) is 4.61. The van der Waals surface area contributed by atoms with Crippen LogP contribution in [0.4, 0.5) is 0 Å². The van der Waals surface area contributed by atoms with Gasteiger partial charge in [-0.1, -0.05) is 13.8 Å². The molecular weight excluding hydrogens is 190 g/mol. The molecule has 2 atom stereocenters. The van der Waals surface area contributed by atoms with Crippen LogP contribution in [0.1, 0.15) is 46.0 Å². The number of nitrogens with two attached hydrogens (primary N) is 1. The molecule has 1 rings (SSSR count). The molecule has 1 saturated heterocycles. The first kappa shape index (κ1) is 12.7. The van der Waals surface area contributed by atoms with Gasteiger partial charge in [-0.25, -0.2) is 0 Å². The summed E-state index contributed by atoms with van der Waals surface area (Å²) in [6, 6.07) is 0.0157. The minimum Gasteiger partial charge on any atom is -0.378 e. The van der Waals surface area contributed by atoms with E-state index in [1.807, 2.05) is 0 Å². The molecule has 1 fully saturated rings. The highest BCUT2D eigenvalue weighted by Gasteiger charge is 2.18. The monoisotopic (exact) mass is 213 g/mol. The molecule has 0 saturated carbocycles. The number of ketones is 1. The number of hydrogen-bond acceptors (Lipinski definition) is 3. The lowest BCUT2D eigenvalue weighted by atomic mass is 9.97. The number of carbonyl (C=O) groups is 1. The summed E-state index contributed by atoms with van der Waals surface area (Å²) in [6.45, 7) is 4.97. The summed E-state index contributed by atoms with van der Waals surface area (Å²) < 4.78 is 5.47. The first-order valence-electron chi connectivity index (χ1n) is 5.98. The molecule has 0 bridgehead atoms. The van der Waals surface area contributed by atoms with E-state index < -0.39 is 0 Å². The summed E-state index contributed by atoms with van der Waals surface area (Å²) in [5.74, 6) is 0.670. The molecule has 2 unspecified atom stereocenters. The van der Waals surface area contributed by atoms with Crippen molar-refractivity contribution in [1.29, 1.82) is 0 Å². The average molecular weight is 213 g/mol. The molecule has 3 heteroatoms. The van der Waals surface area contributed by atoms with E-state index in [0.29, 0.717) is 24.9 Å². The van der Waals surface area contributed by atoms with Gasteiger partial charge < -0.3 is 10.5 Å². The third kappa shape index (κ3) is 4.76. The van der Waals surface area contributed by atoms with E-state index in [1.165, 1.54) is 0 Å². The highest BCUT2D eigenvalue weighted by atomic mass is 16.5. The number of rotatable bonds is 6. The van der Waals surface area contributed by atoms with E-state index in [1.54, 1.807) is 0 Å². The Hall–Kier alpha value is -0.410. The molecule has 0 radical (unpaired) electrons. The first-order valence-corrected chi connectivity index (χ1v) is 5.98. The minimum atomic E-state index is 0.0157. The smallest absolute Gasteiger partial charge is 0.134 e. The molecule has 0 aromatic rings. The predicted molar refractivity (Wildman–Crippen MR) is 60.6 cm³/mol. The lowest BCUT2D eigenvalue weighted by molar-refractivity contribution is -0.120. The van der Waals surface area contributed by atoms with Gasteiger partial charge in [0.25, 0.3) is 0 Å². The zero-order valence-corrected chi connectivity index (χ0v) is 9.87. The van der Waals surface area contributed by atoms with Crippen LogP contribution in [0.2, 0.25) is 0 Å². The van der Waals surface area contributed by atoms with Crippen molar-refractivity contribution in [3.05, 3.63) is 0 Å². The zero-order chi connectivity index (χ0) is 11.3. The Morgan fingerprint density at radius 1 is 1.53 bits per heavy atom. The molecule has 0 amide bonds. The third-order valence-electron chi connectivity index (χ3n) is 3.09. The van der Waals surface area contributed by atoms with Gasteiger partial charge in [0.05, 0.1) is 6.10 Å². The van der Waals surface area contributed by atoms with Crippen LogP contribution in [0.15, 0.2) is 0 Å². The van der Waals surface area contributed by atoms with Gasteiger partial charge in [0, 0.05) is 25.5 Å². The number of hydrogen-bond donors (Lipinski definition) is 1. The fraction of sp³-hybridized carbons (Fsp3) is 0.917. The fourth-order valence-electron chi connectivity index (χ4n) is 1.79. The van der Waals surface area contributed by atoms with Crippen LogP contribution in [0.25, 0.3) is 0 Å². The van der Waals surface area contributed by atoms with Gasteiger partial charge in [0.2, 0.25) is 0 Å². The maximum atomic E-state index is 11.6. The molecule has 3 nitrogen and oxygen atoms in total. The summed E-state index contributed by atoms with van der Waals surface area (Å²) >= 11 is 0. The van der Waals surface area contributed by atoms with Crippen LogP contribution in [0, 0.1) is 5.92 Å². The van der Waals surface area contributed by atoms with Gasteiger partial charge in [-0.2, -0.15) is 0 Å². The molecule has 2 N–H and O–H groups in total.